The molecule has 6 nitrogen and oxygen atoms in total. The lowest BCUT2D eigenvalue weighted by atomic mass is 10.0. The van der Waals surface area contributed by atoms with Crippen LogP contribution in [-0.4, -0.2) is 18.4 Å². The van der Waals surface area contributed by atoms with Crippen molar-refractivity contribution in [3.05, 3.63) is 76.1 Å². The molecule has 1 atom stereocenters. The standard InChI is InChI=1S/C21H21N3O3S/c22-20(26)18-14-8-4-10-16(14)28-21(18)24-17(25)12-23-19(15-9-5-11-27-15)13-6-2-1-3-7-13/h1-3,5-7,9,11,19,23H,4,8,10,12H2,(H2,22,26)(H,24,25)/t19-/m1/s1. The van der Waals surface area contributed by atoms with Gasteiger partial charge in [-0.1, -0.05) is 30.3 Å². The maximum Gasteiger partial charge on any atom is 0.251 e. The summed E-state index contributed by atoms with van der Waals surface area (Å²) in [6.45, 7) is 0.0705. The van der Waals surface area contributed by atoms with Crippen LogP contribution in [0.25, 0.3) is 0 Å². The Morgan fingerprint density at radius 3 is 2.68 bits per heavy atom. The molecule has 7 heteroatoms. The van der Waals surface area contributed by atoms with Crippen molar-refractivity contribution in [1.29, 1.82) is 0 Å². The molecule has 2 amide bonds. The molecule has 0 spiro atoms. The molecule has 1 aliphatic rings. The van der Waals surface area contributed by atoms with Crippen LogP contribution in [0.5, 0.6) is 0 Å². The Morgan fingerprint density at radius 2 is 1.96 bits per heavy atom. The van der Waals surface area contributed by atoms with Gasteiger partial charge in [-0.3, -0.25) is 14.9 Å². The van der Waals surface area contributed by atoms with Crippen LogP contribution in [0.2, 0.25) is 0 Å². The molecular formula is C21H21N3O3S. The molecule has 4 N–H and O–H groups in total. The van der Waals surface area contributed by atoms with E-state index in [0.29, 0.717) is 10.6 Å². The lowest BCUT2D eigenvalue weighted by Gasteiger charge is -2.17. The van der Waals surface area contributed by atoms with Gasteiger partial charge in [-0.05, 0) is 42.5 Å². The molecule has 2 heterocycles. The van der Waals surface area contributed by atoms with Crippen LogP contribution < -0.4 is 16.4 Å². The molecule has 28 heavy (non-hydrogen) atoms. The second-order valence-electron chi connectivity index (χ2n) is 6.71. The Balaban J connectivity index is 1.47. The molecule has 1 aromatic carbocycles. The van der Waals surface area contributed by atoms with Gasteiger partial charge in [0, 0.05) is 4.88 Å². The summed E-state index contributed by atoms with van der Waals surface area (Å²) < 4.78 is 5.54. The van der Waals surface area contributed by atoms with Gasteiger partial charge in [0.1, 0.15) is 10.8 Å². The molecule has 3 aromatic rings. The number of nitrogens with one attached hydrogen (secondary N) is 2. The summed E-state index contributed by atoms with van der Waals surface area (Å²) >= 11 is 1.45. The van der Waals surface area contributed by atoms with Gasteiger partial charge in [-0.2, -0.15) is 0 Å². The third kappa shape index (κ3) is 3.72. The number of hydrogen-bond donors (Lipinski definition) is 3. The van der Waals surface area contributed by atoms with Crippen molar-refractivity contribution >= 4 is 28.2 Å². The third-order valence-corrected chi connectivity index (χ3v) is 6.06. The highest BCUT2D eigenvalue weighted by Crippen LogP contribution is 2.38. The summed E-state index contributed by atoms with van der Waals surface area (Å²) in [6.07, 6.45) is 4.41. The summed E-state index contributed by atoms with van der Waals surface area (Å²) in [5, 5.41) is 6.65. The smallest absolute Gasteiger partial charge is 0.251 e. The Labute approximate surface area is 166 Å². The maximum absolute atomic E-state index is 12.6. The lowest BCUT2D eigenvalue weighted by Crippen LogP contribution is -2.32. The van der Waals surface area contributed by atoms with E-state index in [2.05, 4.69) is 10.6 Å². The van der Waals surface area contributed by atoms with Crippen LogP contribution in [0.1, 0.15) is 44.6 Å². The number of anilines is 1. The van der Waals surface area contributed by atoms with Gasteiger partial charge in [0.05, 0.1) is 24.4 Å². The van der Waals surface area contributed by atoms with Crippen molar-refractivity contribution in [2.45, 2.75) is 25.3 Å². The zero-order chi connectivity index (χ0) is 19.5. The van der Waals surface area contributed by atoms with Crippen LogP contribution in [0.15, 0.2) is 53.1 Å². The van der Waals surface area contributed by atoms with Gasteiger partial charge in [0.25, 0.3) is 5.91 Å². The molecule has 0 saturated carbocycles. The van der Waals surface area contributed by atoms with Gasteiger partial charge in [-0.15, -0.1) is 11.3 Å². The molecule has 1 aliphatic carbocycles. The summed E-state index contributed by atoms with van der Waals surface area (Å²) in [6, 6.07) is 13.2. The quantitative estimate of drug-likeness (QED) is 0.572. The van der Waals surface area contributed by atoms with Gasteiger partial charge >= 0.3 is 0 Å². The average molecular weight is 395 g/mol. The zero-order valence-corrected chi connectivity index (χ0v) is 16.1. The van der Waals surface area contributed by atoms with Crippen LogP contribution in [0, 0.1) is 0 Å². The van der Waals surface area contributed by atoms with Crippen LogP contribution >= 0.6 is 11.3 Å². The highest BCUT2D eigenvalue weighted by atomic mass is 32.1. The van der Waals surface area contributed by atoms with Gasteiger partial charge < -0.3 is 15.5 Å². The minimum Gasteiger partial charge on any atom is -0.467 e. The number of furan rings is 1. The fourth-order valence-electron chi connectivity index (χ4n) is 3.60. The third-order valence-electron chi connectivity index (χ3n) is 4.85. The minimum absolute atomic E-state index is 0.0705. The molecule has 0 bridgehead atoms. The fraction of sp³-hybridized carbons (Fsp3) is 0.238. The predicted octanol–water partition coefficient (Wildman–Crippen LogP) is 3.25. The summed E-state index contributed by atoms with van der Waals surface area (Å²) in [5.41, 5.74) is 8.02. The van der Waals surface area contributed by atoms with Crippen molar-refractivity contribution in [2.75, 3.05) is 11.9 Å². The topological polar surface area (TPSA) is 97.4 Å². The number of rotatable bonds is 7. The second kappa shape index (κ2) is 8.00. The van der Waals surface area contributed by atoms with Crippen molar-refractivity contribution < 1.29 is 14.0 Å². The SMILES string of the molecule is NC(=O)c1c(NC(=O)CN[C@H](c2ccccc2)c2ccco2)sc2c1CCC2. The van der Waals surface area contributed by atoms with Gasteiger partial charge in [-0.25, -0.2) is 0 Å². The number of hydrogen-bond acceptors (Lipinski definition) is 5. The van der Waals surface area contributed by atoms with E-state index in [4.69, 9.17) is 10.2 Å². The maximum atomic E-state index is 12.6. The molecule has 2 aromatic heterocycles. The number of carbonyl (C=O) groups is 2. The number of amides is 2. The van der Waals surface area contributed by atoms with E-state index in [9.17, 15) is 9.59 Å². The Morgan fingerprint density at radius 1 is 1.14 bits per heavy atom. The number of carbonyl (C=O) groups excluding carboxylic acids is 2. The summed E-state index contributed by atoms with van der Waals surface area (Å²) in [7, 11) is 0. The number of nitrogens with two attached hydrogens (primary N) is 1. The van der Waals surface area contributed by atoms with Crippen LogP contribution in [-0.2, 0) is 17.6 Å². The van der Waals surface area contributed by atoms with Crippen molar-refractivity contribution in [3.8, 4) is 0 Å². The Bertz CT molecular complexity index is 980. The highest BCUT2D eigenvalue weighted by Gasteiger charge is 2.26. The molecule has 0 radical (unpaired) electrons. The van der Waals surface area contributed by atoms with Crippen LogP contribution in [0.4, 0.5) is 5.00 Å². The van der Waals surface area contributed by atoms with Crippen molar-refractivity contribution in [1.82, 2.24) is 5.32 Å². The Kier molecular flexibility index (Phi) is 5.27. The average Bonchev–Trinajstić information content (AvgIpc) is 3.40. The fourth-order valence-corrected chi connectivity index (χ4v) is 4.91. The van der Waals surface area contributed by atoms with E-state index < -0.39 is 5.91 Å². The van der Waals surface area contributed by atoms with Gasteiger partial charge in [0.15, 0.2) is 0 Å². The first kappa shape index (κ1) is 18.5. The first-order chi connectivity index (χ1) is 13.6. The Hall–Kier alpha value is -2.90. The number of aryl methyl sites for hydroxylation is 1. The lowest BCUT2D eigenvalue weighted by molar-refractivity contribution is -0.115. The van der Waals surface area contributed by atoms with Crippen molar-refractivity contribution in [2.24, 2.45) is 5.73 Å². The zero-order valence-electron chi connectivity index (χ0n) is 15.2. The number of primary amides is 1. The first-order valence-electron chi connectivity index (χ1n) is 9.19. The normalized spacial score (nSPS) is 13.9. The van der Waals surface area contributed by atoms with Gasteiger partial charge in [0.2, 0.25) is 5.91 Å². The number of thiophene rings is 1. The largest absolute Gasteiger partial charge is 0.467 e. The van der Waals surface area contributed by atoms with E-state index in [0.717, 1.165) is 41.0 Å². The molecular weight excluding hydrogens is 374 g/mol. The van der Waals surface area contributed by atoms with Crippen LogP contribution in [0.3, 0.4) is 0 Å². The molecule has 144 valence electrons. The van der Waals surface area contributed by atoms with E-state index in [1.165, 1.54) is 11.3 Å². The van der Waals surface area contributed by atoms with E-state index >= 15 is 0 Å². The number of fused-ring (bicyclic) bond motifs is 1. The van der Waals surface area contributed by atoms with E-state index in [-0.39, 0.29) is 18.5 Å². The second-order valence-corrected chi connectivity index (χ2v) is 7.82. The number of benzene rings is 1. The first-order valence-corrected chi connectivity index (χ1v) is 10.0. The molecule has 0 unspecified atom stereocenters. The molecule has 0 saturated heterocycles. The highest BCUT2D eigenvalue weighted by molar-refractivity contribution is 7.17. The van der Waals surface area contributed by atoms with Crippen molar-refractivity contribution in [3.63, 3.8) is 0 Å². The van der Waals surface area contributed by atoms with E-state index in [1.54, 1.807) is 6.26 Å². The minimum atomic E-state index is -0.486. The summed E-state index contributed by atoms with van der Waals surface area (Å²) in [5.74, 6) is 0.0160. The molecule has 0 aliphatic heterocycles. The monoisotopic (exact) mass is 395 g/mol. The molecule has 0 fully saturated rings. The predicted molar refractivity (Wildman–Crippen MR) is 108 cm³/mol. The molecule has 4 rings (SSSR count). The summed E-state index contributed by atoms with van der Waals surface area (Å²) in [4.78, 5) is 25.6. The van der Waals surface area contributed by atoms with E-state index in [1.807, 2.05) is 42.5 Å².